The fourth-order valence-electron chi connectivity index (χ4n) is 2.91. The summed E-state index contributed by atoms with van der Waals surface area (Å²) < 4.78 is 0. The lowest BCUT2D eigenvalue weighted by molar-refractivity contribution is -0.113. The molecular formula is C22H18N4O2S2. The minimum Gasteiger partial charge on any atom is -0.325 e. The fourth-order valence-corrected chi connectivity index (χ4v) is 4.49. The number of aryl methyl sites for hydroxylation is 1. The van der Waals surface area contributed by atoms with Crippen LogP contribution in [0.4, 0.5) is 11.4 Å². The van der Waals surface area contributed by atoms with Crippen molar-refractivity contribution in [3.05, 3.63) is 77.4 Å². The van der Waals surface area contributed by atoms with E-state index < -0.39 is 0 Å². The average molecular weight is 435 g/mol. The highest BCUT2D eigenvalue weighted by Gasteiger charge is 2.14. The van der Waals surface area contributed by atoms with E-state index in [2.05, 4.69) is 20.6 Å². The number of nitrogens with zero attached hydrogens (tertiary/aromatic N) is 2. The van der Waals surface area contributed by atoms with Gasteiger partial charge in [-0.2, -0.15) is 0 Å². The number of fused-ring (bicyclic) bond motifs is 1. The van der Waals surface area contributed by atoms with E-state index in [4.69, 9.17) is 0 Å². The van der Waals surface area contributed by atoms with Crippen LogP contribution >= 0.6 is 23.1 Å². The smallest absolute Gasteiger partial charge is 0.257 e. The molecule has 0 atom stereocenters. The Bertz CT molecular complexity index is 1220. The van der Waals surface area contributed by atoms with Crippen molar-refractivity contribution in [2.45, 2.75) is 11.9 Å². The Morgan fingerprint density at radius 3 is 2.77 bits per heavy atom. The number of rotatable bonds is 6. The summed E-state index contributed by atoms with van der Waals surface area (Å²) in [6.45, 7) is 1.96. The average Bonchev–Trinajstić information content (AvgIpc) is 3.22. The first kappa shape index (κ1) is 20.1. The Balaban J connectivity index is 1.44. The summed E-state index contributed by atoms with van der Waals surface area (Å²) in [5.74, 6) is -0.312. The molecule has 0 saturated heterocycles. The molecule has 8 heteroatoms. The number of nitrogens with one attached hydrogen (secondary N) is 2. The molecule has 150 valence electrons. The molecule has 2 N–H and O–H groups in total. The van der Waals surface area contributed by atoms with E-state index in [1.54, 1.807) is 24.3 Å². The summed E-state index contributed by atoms with van der Waals surface area (Å²) in [5, 5.41) is 9.38. The van der Waals surface area contributed by atoms with Gasteiger partial charge in [-0.25, -0.2) is 9.97 Å². The monoisotopic (exact) mass is 434 g/mol. The van der Waals surface area contributed by atoms with Crippen molar-refractivity contribution < 1.29 is 9.59 Å². The summed E-state index contributed by atoms with van der Waals surface area (Å²) in [5.41, 5.74) is 2.63. The van der Waals surface area contributed by atoms with Crippen molar-refractivity contribution in [3.63, 3.8) is 0 Å². The topological polar surface area (TPSA) is 84.0 Å². The highest BCUT2D eigenvalue weighted by atomic mass is 32.2. The molecule has 2 amide bonds. The normalized spacial score (nSPS) is 10.7. The third-order valence-corrected chi connectivity index (χ3v) is 6.11. The predicted octanol–water partition coefficient (Wildman–Crippen LogP) is 4.98. The van der Waals surface area contributed by atoms with Crippen LogP contribution in [0.1, 0.15) is 15.9 Å². The first-order valence-electron chi connectivity index (χ1n) is 9.18. The number of amides is 2. The molecule has 0 aliphatic rings. The maximum absolute atomic E-state index is 12.7. The number of carbonyl (C=O) groups is 2. The van der Waals surface area contributed by atoms with Crippen LogP contribution in [-0.4, -0.2) is 27.5 Å². The Morgan fingerprint density at radius 1 is 1.03 bits per heavy atom. The molecule has 2 heterocycles. The third-order valence-electron chi connectivity index (χ3n) is 4.29. The fraction of sp³-hybridized carbons (Fsp3) is 0.0909. The number of aromatic nitrogens is 2. The summed E-state index contributed by atoms with van der Waals surface area (Å²) in [6.07, 6.45) is 1.50. The molecule has 0 aliphatic heterocycles. The zero-order chi connectivity index (χ0) is 20.9. The number of thiophene rings is 1. The zero-order valence-electron chi connectivity index (χ0n) is 16.1. The molecule has 2 aromatic carbocycles. The van der Waals surface area contributed by atoms with Crippen molar-refractivity contribution in [2.24, 2.45) is 0 Å². The Labute approximate surface area is 181 Å². The molecule has 4 aromatic rings. The van der Waals surface area contributed by atoms with Gasteiger partial charge in [0, 0.05) is 11.1 Å². The molecule has 4 rings (SSSR count). The SMILES string of the molecule is Cc1cccc(NC(=O)c2ccccc2NC(=O)CSc2ncnc3sccc23)c1. The van der Waals surface area contributed by atoms with Gasteiger partial charge >= 0.3 is 0 Å². The summed E-state index contributed by atoms with van der Waals surface area (Å²) >= 11 is 2.88. The molecule has 6 nitrogen and oxygen atoms in total. The van der Waals surface area contributed by atoms with Crippen LogP contribution < -0.4 is 10.6 Å². The van der Waals surface area contributed by atoms with E-state index in [-0.39, 0.29) is 17.6 Å². The highest BCUT2D eigenvalue weighted by molar-refractivity contribution is 8.00. The third kappa shape index (κ3) is 4.67. The summed E-state index contributed by atoms with van der Waals surface area (Å²) in [7, 11) is 0. The minimum atomic E-state index is -0.278. The molecule has 0 radical (unpaired) electrons. The van der Waals surface area contributed by atoms with Crippen LogP contribution in [0.15, 0.2) is 71.3 Å². The number of thioether (sulfide) groups is 1. The lowest BCUT2D eigenvalue weighted by Gasteiger charge is -2.12. The van der Waals surface area contributed by atoms with E-state index >= 15 is 0 Å². The standard InChI is InChI=1S/C22H18N4O2S2/c1-14-5-4-6-15(11-14)25-20(28)16-7-2-3-8-18(16)26-19(27)12-30-22-17-9-10-29-21(17)23-13-24-22/h2-11,13H,12H2,1H3,(H,25,28)(H,26,27). The van der Waals surface area contributed by atoms with Gasteiger partial charge in [0.25, 0.3) is 5.91 Å². The molecule has 0 fully saturated rings. The van der Waals surface area contributed by atoms with Crippen molar-refractivity contribution in [1.29, 1.82) is 0 Å². The summed E-state index contributed by atoms with van der Waals surface area (Å²) in [4.78, 5) is 34.7. The number of para-hydroxylation sites is 1. The van der Waals surface area contributed by atoms with Gasteiger partial charge < -0.3 is 10.6 Å². The number of hydrogen-bond donors (Lipinski definition) is 2. The van der Waals surface area contributed by atoms with Crippen molar-refractivity contribution in [2.75, 3.05) is 16.4 Å². The van der Waals surface area contributed by atoms with Gasteiger partial charge in [-0.15, -0.1) is 11.3 Å². The Kier molecular flexibility index (Phi) is 6.06. The van der Waals surface area contributed by atoms with E-state index in [1.807, 2.05) is 42.6 Å². The van der Waals surface area contributed by atoms with E-state index in [9.17, 15) is 9.59 Å². The van der Waals surface area contributed by atoms with Gasteiger partial charge in [-0.05, 0) is 48.2 Å². The Morgan fingerprint density at radius 2 is 1.90 bits per heavy atom. The second-order valence-electron chi connectivity index (χ2n) is 6.52. The summed E-state index contributed by atoms with van der Waals surface area (Å²) in [6, 6.07) is 16.5. The van der Waals surface area contributed by atoms with Crippen molar-refractivity contribution in [1.82, 2.24) is 9.97 Å². The molecule has 2 aromatic heterocycles. The number of anilines is 2. The zero-order valence-corrected chi connectivity index (χ0v) is 17.7. The van der Waals surface area contributed by atoms with Crippen LogP contribution in [-0.2, 0) is 4.79 Å². The lowest BCUT2D eigenvalue weighted by atomic mass is 10.1. The molecular weight excluding hydrogens is 416 g/mol. The first-order chi connectivity index (χ1) is 14.6. The van der Waals surface area contributed by atoms with Gasteiger partial charge in [-0.3, -0.25) is 9.59 Å². The minimum absolute atomic E-state index is 0.176. The van der Waals surface area contributed by atoms with Gasteiger partial charge in [0.2, 0.25) is 5.91 Å². The van der Waals surface area contributed by atoms with E-state index in [0.717, 1.165) is 20.8 Å². The van der Waals surface area contributed by atoms with E-state index in [0.29, 0.717) is 16.9 Å². The Hall–Kier alpha value is -3.23. The van der Waals surface area contributed by atoms with Crippen LogP contribution in [0.25, 0.3) is 10.2 Å². The van der Waals surface area contributed by atoms with Crippen LogP contribution in [0, 0.1) is 6.92 Å². The predicted molar refractivity (Wildman–Crippen MR) is 122 cm³/mol. The van der Waals surface area contributed by atoms with Gasteiger partial charge in [-0.1, -0.05) is 36.0 Å². The van der Waals surface area contributed by atoms with Crippen LogP contribution in [0.3, 0.4) is 0 Å². The largest absolute Gasteiger partial charge is 0.325 e. The first-order valence-corrected chi connectivity index (χ1v) is 11.0. The molecule has 0 bridgehead atoms. The van der Waals surface area contributed by atoms with Crippen molar-refractivity contribution in [3.8, 4) is 0 Å². The van der Waals surface area contributed by atoms with E-state index in [1.165, 1.54) is 29.4 Å². The molecule has 0 aliphatic carbocycles. The number of hydrogen-bond acceptors (Lipinski definition) is 6. The molecule has 0 saturated carbocycles. The maximum atomic E-state index is 12.7. The quantitative estimate of drug-likeness (QED) is 0.330. The second-order valence-corrected chi connectivity index (χ2v) is 8.38. The van der Waals surface area contributed by atoms with Gasteiger partial charge in [0.1, 0.15) is 16.2 Å². The number of benzene rings is 2. The second kappa shape index (κ2) is 9.06. The van der Waals surface area contributed by atoms with Crippen LogP contribution in [0.5, 0.6) is 0 Å². The maximum Gasteiger partial charge on any atom is 0.257 e. The lowest BCUT2D eigenvalue weighted by Crippen LogP contribution is -2.19. The van der Waals surface area contributed by atoms with Crippen LogP contribution in [0.2, 0.25) is 0 Å². The highest BCUT2D eigenvalue weighted by Crippen LogP contribution is 2.28. The molecule has 0 spiro atoms. The van der Waals surface area contributed by atoms with Gasteiger partial charge in [0.15, 0.2) is 0 Å². The molecule has 0 unspecified atom stereocenters. The van der Waals surface area contributed by atoms with Crippen molar-refractivity contribution >= 4 is 56.5 Å². The van der Waals surface area contributed by atoms with Gasteiger partial charge in [0.05, 0.1) is 17.0 Å². The molecule has 30 heavy (non-hydrogen) atoms. The number of carbonyl (C=O) groups excluding carboxylic acids is 2.